The van der Waals surface area contributed by atoms with Crippen LogP contribution in [0.5, 0.6) is 0 Å². The summed E-state index contributed by atoms with van der Waals surface area (Å²) in [5.41, 5.74) is 5.81. The Morgan fingerprint density at radius 2 is 1.50 bits per heavy atom. The maximum atomic E-state index is 7.53. The first-order chi connectivity index (χ1) is 10.0. The third-order valence-electron chi connectivity index (χ3n) is 3.83. The van der Waals surface area contributed by atoms with Gasteiger partial charge in [0.15, 0.2) is 0 Å². The van der Waals surface area contributed by atoms with Gasteiger partial charge in [-0.1, -0.05) is 61.4 Å². The molecule has 0 bridgehead atoms. The summed E-state index contributed by atoms with van der Waals surface area (Å²) >= 11 is 0. The minimum absolute atomic E-state index is 0.115. The highest BCUT2D eigenvalue weighted by Crippen LogP contribution is 2.47. The van der Waals surface area contributed by atoms with Crippen LogP contribution in [0.4, 0.5) is 0 Å². The highest BCUT2D eigenvalue weighted by molar-refractivity contribution is 6.15. The highest BCUT2D eigenvalue weighted by Gasteiger charge is 2.20. The van der Waals surface area contributed by atoms with Gasteiger partial charge in [0, 0.05) is 4.11 Å². The number of fused-ring (bicyclic) bond motifs is 3. The molecular weight excluding hydrogens is 216 g/mol. The van der Waals surface area contributed by atoms with E-state index in [0.717, 1.165) is 10.9 Å². The minimum atomic E-state index is -1.94. The third-order valence-corrected chi connectivity index (χ3v) is 3.83. The quantitative estimate of drug-likeness (QED) is 0.431. The molecule has 0 saturated heterocycles. The number of benzene rings is 3. The fraction of sp³-hybridized carbons (Fsp3) is 0.111. The summed E-state index contributed by atoms with van der Waals surface area (Å²) < 4.78 is 22.6. The first-order valence-corrected chi connectivity index (χ1v) is 6.19. The lowest BCUT2D eigenvalue weighted by atomic mass is 9.97. The predicted molar refractivity (Wildman–Crippen MR) is 77.8 cm³/mol. The van der Waals surface area contributed by atoms with Crippen molar-refractivity contribution in [2.24, 2.45) is 0 Å². The van der Waals surface area contributed by atoms with Crippen molar-refractivity contribution in [3.63, 3.8) is 0 Å². The number of aryl methyl sites for hydroxylation is 1. The molecule has 0 unspecified atom stereocenters. The Hall–Kier alpha value is -2.08. The van der Waals surface area contributed by atoms with Crippen LogP contribution in [0.1, 0.15) is 16.5 Å². The molecule has 0 heteroatoms. The summed E-state index contributed by atoms with van der Waals surface area (Å²) in [6, 6.07) is 18.6. The van der Waals surface area contributed by atoms with E-state index < -0.39 is 6.85 Å². The Bertz CT molecular complexity index is 831. The van der Waals surface area contributed by atoms with Gasteiger partial charge in [-0.3, -0.25) is 0 Å². The van der Waals surface area contributed by atoms with Crippen molar-refractivity contribution in [2.75, 3.05) is 0 Å². The van der Waals surface area contributed by atoms with Gasteiger partial charge in [0.1, 0.15) is 0 Å². The summed E-state index contributed by atoms with van der Waals surface area (Å²) in [5.74, 6) is 0. The molecule has 0 radical (unpaired) electrons. The average Bonchev–Trinajstić information content (AvgIpc) is 2.77. The molecule has 86 valence electrons. The fourth-order valence-corrected chi connectivity index (χ4v) is 3.02. The standard InChI is InChI=1S/C18H14/c1-2-12-10-11-17-15-7-4-3-6-14(15)16-9-5-8-13(12)18(16)17/h3-11H,2H2,1H3/i1D3. The molecule has 0 aliphatic heterocycles. The first kappa shape index (κ1) is 7.38. The maximum Gasteiger partial charge on any atom is 0.0234 e. The van der Waals surface area contributed by atoms with Gasteiger partial charge < -0.3 is 0 Å². The van der Waals surface area contributed by atoms with E-state index >= 15 is 0 Å². The lowest BCUT2D eigenvalue weighted by Crippen LogP contribution is -1.84. The van der Waals surface area contributed by atoms with Crippen LogP contribution in [0.25, 0.3) is 33.0 Å². The molecule has 0 saturated carbocycles. The molecule has 3 aromatic rings. The van der Waals surface area contributed by atoms with Crippen molar-refractivity contribution in [1.29, 1.82) is 0 Å². The van der Waals surface area contributed by atoms with Gasteiger partial charge >= 0.3 is 0 Å². The number of rotatable bonds is 1. The highest BCUT2D eigenvalue weighted by atomic mass is 14.2. The van der Waals surface area contributed by atoms with Gasteiger partial charge in [0.25, 0.3) is 0 Å². The van der Waals surface area contributed by atoms with E-state index in [2.05, 4.69) is 24.3 Å². The maximum absolute atomic E-state index is 7.53. The van der Waals surface area contributed by atoms with E-state index in [1.54, 1.807) is 0 Å². The lowest BCUT2D eigenvalue weighted by molar-refractivity contribution is 1.16. The van der Waals surface area contributed by atoms with Crippen molar-refractivity contribution < 1.29 is 4.11 Å². The van der Waals surface area contributed by atoms with E-state index in [9.17, 15) is 0 Å². The van der Waals surface area contributed by atoms with Crippen molar-refractivity contribution in [1.82, 2.24) is 0 Å². The molecule has 0 aromatic heterocycles. The van der Waals surface area contributed by atoms with E-state index in [4.69, 9.17) is 4.11 Å². The van der Waals surface area contributed by atoms with Crippen LogP contribution in [-0.2, 0) is 6.42 Å². The zero-order chi connectivity index (χ0) is 14.6. The van der Waals surface area contributed by atoms with Crippen LogP contribution in [0.2, 0.25) is 0 Å². The molecule has 0 nitrogen and oxygen atoms in total. The SMILES string of the molecule is [2H]C([2H])([2H])Cc1ccc2c3c(cccc13)-c1ccccc1-2. The monoisotopic (exact) mass is 233 g/mol. The average molecular weight is 233 g/mol. The third kappa shape index (κ3) is 1.10. The molecule has 1 aliphatic carbocycles. The van der Waals surface area contributed by atoms with Gasteiger partial charge in [-0.2, -0.15) is 0 Å². The van der Waals surface area contributed by atoms with Crippen LogP contribution < -0.4 is 0 Å². The van der Waals surface area contributed by atoms with E-state index in [0.29, 0.717) is 0 Å². The van der Waals surface area contributed by atoms with Crippen molar-refractivity contribution in [3.8, 4) is 22.3 Å². The van der Waals surface area contributed by atoms with Gasteiger partial charge in [-0.25, -0.2) is 0 Å². The second-order valence-electron chi connectivity index (χ2n) is 4.72. The van der Waals surface area contributed by atoms with Gasteiger partial charge in [-0.15, -0.1) is 0 Å². The Morgan fingerprint density at radius 1 is 0.778 bits per heavy atom. The summed E-state index contributed by atoms with van der Waals surface area (Å²) in [7, 11) is 0. The Kier molecular flexibility index (Phi) is 1.42. The van der Waals surface area contributed by atoms with Gasteiger partial charge in [0.05, 0.1) is 0 Å². The van der Waals surface area contributed by atoms with Crippen molar-refractivity contribution >= 4 is 10.8 Å². The molecule has 3 aromatic carbocycles. The lowest BCUT2D eigenvalue weighted by Gasteiger charge is -2.06. The van der Waals surface area contributed by atoms with Gasteiger partial charge in [0.2, 0.25) is 0 Å². The molecular formula is C18H14. The molecule has 0 heterocycles. The summed E-state index contributed by atoms with van der Waals surface area (Å²) in [6.07, 6.45) is 0.115. The first-order valence-electron chi connectivity index (χ1n) is 7.69. The molecule has 0 N–H and O–H groups in total. The van der Waals surface area contributed by atoms with Crippen molar-refractivity contribution in [3.05, 3.63) is 60.2 Å². The zero-order valence-corrected chi connectivity index (χ0v) is 9.90. The van der Waals surface area contributed by atoms with Crippen LogP contribution in [0, 0.1) is 0 Å². The fourth-order valence-electron chi connectivity index (χ4n) is 3.02. The minimum Gasteiger partial charge on any atom is -0.0616 e. The van der Waals surface area contributed by atoms with Crippen molar-refractivity contribution in [2.45, 2.75) is 13.3 Å². The van der Waals surface area contributed by atoms with Crippen LogP contribution in [0.15, 0.2) is 54.6 Å². The summed E-state index contributed by atoms with van der Waals surface area (Å²) in [6.45, 7) is -1.94. The topological polar surface area (TPSA) is 0 Å². The van der Waals surface area contributed by atoms with Crippen LogP contribution in [0.3, 0.4) is 0 Å². The molecule has 18 heavy (non-hydrogen) atoms. The Labute approximate surface area is 111 Å². The normalized spacial score (nSPS) is 15.0. The molecule has 0 spiro atoms. The van der Waals surface area contributed by atoms with E-state index in [1.165, 1.54) is 27.6 Å². The predicted octanol–water partition coefficient (Wildman–Crippen LogP) is 5.05. The summed E-state index contributed by atoms with van der Waals surface area (Å²) in [4.78, 5) is 0. The Morgan fingerprint density at radius 3 is 2.28 bits per heavy atom. The molecule has 0 fully saturated rings. The second-order valence-corrected chi connectivity index (χ2v) is 4.72. The van der Waals surface area contributed by atoms with E-state index in [-0.39, 0.29) is 6.42 Å². The van der Waals surface area contributed by atoms with Crippen LogP contribution in [-0.4, -0.2) is 0 Å². The Balaban J connectivity index is 2.04. The molecule has 4 rings (SSSR count). The largest absolute Gasteiger partial charge is 0.0616 e. The van der Waals surface area contributed by atoms with Gasteiger partial charge in [-0.05, 0) is 45.0 Å². The second kappa shape index (κ2) is 3.46. The van der Waals surface area contributed by atoms with E-state index in [1.807, 2.05) is 30.3 Å². The zero-order valence-electron chi connectivity index (χ0n) is 12.9. The molecule has 0 amide bonds. The smallest absolute Gasteiger partial charge is 0.0234 e. The molecule has 0 atom stereocenters. The van der Waals surface area contributed by atoms with Crippen LogP contribution >= 0.6 is 0 Å². The summed E-state index contributed by atoms with van der Waals surface area (Å²) in [5, 5.41) is 2.26. The number of hydrogen-bond acceptors (Lipinski definition) is 0. The molecule has 1 aliphatic rings. The number of hydrogen-bond donors (Lipinski definition) is 0.